The first-order chi connectivity index (χ1) is 9.54. The van der Waals surface area contributed by atoms with E-state index in [2.05, 4.69) is 9.84 Å². The van der Waals surface area contributed by atoms with E-state index in [-0.39, 0.29) is 18.7 Å². The lowest BCUT2D eigenvalue weighted by atomic mass is 10.0. The number of aliphatic hydroxyl groups is 1. The second-order valence-corrected chi connectivity index (χ2v) is 3.81. The van der Waals surface area contributed by atoms with Gasteiger partial charge in [-0.15, -0.1) is 0 Å². The fraction of sp³-hybridized carbons (Fsp3) is 0.308. The summed E-state index contributed by atoms with van der Waals surface area (Å²) in [5.74, 6) is -0.772. The third-order valence-electron chi connectivity index (χ3n) is 2.34. The highest BCUT2D eigenvalue weighted by Crippen LogP contribution is 2.08. The maximum atomic E-state index is 11.4. The van der Waals surface area contributed by atoms with Crippen molar-refractivity contribution < 1.29 is 24.5 Å². The van der Waals surface area contributed by atoms with Gasteiger partial charge in [-0.1, -0.05) is 30.3 Å². The van der Waals surface area contributed by atoms with Gasteiger partial charge in [-0.05, 0) is 12.5 Å². The van der Waals surface area contributed by atoms with E-state index in [0.717, 1.165) is 0 Å². The molecule has 7 nitrogen and oxygen atoms in total. The van der Waals surface area contributed by atoms with Gasteiger partial charge in [0.25, 0.3) is 0 Å². The van der Waals surface area contributed by atoms with Crippen LogP contribution in [0.3, 0.4) is 0 Å². The van der Waals surface area contributed by atoms with Gasteiger partial charge in [-0.3, -0.25) is 0 Å². The standard InChI is InChI=1S/C13H16N2O5/c1-2-20-12(17)11(16)8-10(14-15-13(18)19)9-6-4-3-5-7-9/h3-7,11,15-16H,2,8H2,1H3,(H,18,19)/b14-10+. The van der Waals surface area contributed by atoms with E-state index < -0.39 is 18.2 Å². The van der Waals surface area contributed by atoms with Crippen molar-refractivity contribution in [2.45, 2.75) is 19.4 Å². The lowest BCUT2D eigenvalue weighted by Crippen LogP contribution is -2.28. The summed E-state index contributed by atoms with van der Waals surface area (Å²) in [5.41, 5.74) is 2.71. The molecule has 1 rings (SSSR count). The summed E-state index contributed by atoms with van der Waals surface area (Å²) >= 11 is 0. The quantitative estimate of drug-likeness (QED) is 0.409. The average Bonchev–Trinajstić information content (AvgIpc) is 2.44. The number of esters is 1. The van der Waals surface area contributed by atoms with Crippen LogP contribution in [0.25, 0.3) is 0 Å². The Hall–Kier alpha value is -2.41. The normalized spacial score (nSPS) is 12.6. The van der Waals surface area contributed by atoms with Crippen LogP contribution < -0.4 is 5.43 Å². The minimum absolute atomic E-state index is 0.150. The van der Waals surface area contributed by atoms with Crippen LogP contribution in [-0.2, 0) is 9.53 Å². The van der Waals surface area contributed by atoms with Crippen molar-refractivity contribution in [1.29, 1.82) is 0 Å². The van der Waals surface area contributed by atoms with Crippen molar-refractivity contribution >= 4 is 17.8 Å². The molecule has 0 radical (unpaired) electrons. The summed E-state index contributed by atoms with van der Waals surface area (Å²) < 4.78 is 4.69. The fourth-order valence-electron chi connectivity index (χ4n) is 1.48. The summed E-state index contributed by atoms with van der Waals surface area (Å²) in [5, 5.41) is 22.0. The summed E-state index contributed by atoms with van der Waals surface area (Å²) in [6, 6.07) is 8.65. The Morgan fingerprint density at radius 1 is 1.35 bits per heavy atom. The molecule has 1 unspecified atom stereocenters. The van der Waals surface area contributed by atoms with Crippen molar-refractivity contribution in [1.82, 2.24) is 5.43 Å². The lowest BCUT2D eigenvalue weighted by molar-refractivity contribution is -0.152. The molecule has 0 heterocycles. The highest BCUT2D eigenvalue weighted by molar-refractivity contribution is 6.02. The monoisotopic (exact) mass is 280 g/mol. The van der Waals surface area contributed by atoms with Crippen LogP contribution in [0, 0.1) is 0 Å². The first-order valence-corrected chi connectivity index (χ1v) is 6.00. The van der Waals surface area contributed by atoms with Crippen molar-refractivity contribution in [3.8, 4) is 0 Å². The highest BCUT2D eigenvalue weighted by atomic mass is 16.5. The first-order valence-electron chi connectivity index (χ1n) is 6.00. The maximum absolute atomic E-state index is 11.4. The smallest absolute Gasteiger partial charge is 0.425 e. The van der Waals surface area contributed by atoms with Crippen molar-refractivity contribution in [2.24, 2.45) is 5.10 Å². The third kappa shape index (κ3) is 5.07. The number of benzene rings is 1. The summed E-state index contributed by atoms with van der Waals surface area (Å²) in [6.07, 6.45) is -2.88. The Kier molecular flexibility index (Phi) is 6.18. The van der Waals surface area contributed by atoms with Gasteiger partial charge >= 0.3 is 12.1 Å². The van der Waals surface area contributed by atoms with Gasteiger partial charge in [0.1, 0.15) is 0 Å². The molecule has 1 atom stereocenters. The fourth-order valence-corrected chi connectivity index (χ4v) is 1.48. The van der Waals surface area contributed by atoms with Crippen molar-refractivity contribution in [2.75, 3.05) is 6.61 Å². The van der Waals surface area contributed by atoms with E-state index in [0.29, 0.717) is 5.56 Å². The number of carboxylic acid groups (broad SMARTS) is 1. The number of carbonyl (C=O) groups is 2. The van der Waals surface area contributed by atoms with Crippen LogP contribution in [-0.4, -0.2) is 40.7 Å². The van der Waals surface area contributed by atoms with Gasteiger partial charge in [-0.25, -0.2) is 15.0 Å². The van der Waals surface area contributed by atoms with Crippen LogP contribution in [0.2, 0.25) is 0 Å². The Morgan fingerprint density at radius 2 is 2.00 bits per heavy atom. The highest BCUT2D eigenvalue weighted by Gasteiger charge is 2.20. The largest absolute Gasteiger partial charge is 0.464 e. The number of carbonyl (C=O) groups excluding carboxylic acids is 1. The molecule has 0 bridgehead atoms. The molecule has 1 aromatic carbocycles. The molecule has 0 aliphatic rings. The first kappa shape index (κ1) is 15.6. The zero-order chi connectivity index (χ0) is 15.0. The molecule has 0 spiro atoms. The molecule has 0 fully saturated rings. The van der Waals surface area contributed by atoms with Crippen LogP contribution in [0.1, 0.15) is 18.9 Å². The molecule has 108 valence electrons. The van der Waals surface area contributed by atoms with Gasteiger partial charge in [0, 0.05) is 6.42 Å². The van der Waals surface area contributed by atoms with E-state index in [1.54, 1.807) is 37.3 Å². The molecular formula is C13H16N2O5. The van der Waals surface area contributed by atoms with E-state index in [4.69, 9.17) is 5.11 Å². The number of hydrogen-bond acceptors (Lipinski definition) is 5. The summed E-state index contributed by atoms with van der Waals surface area (Å²) in [6.45, 7) is 1.78. The minimum atomic E-state index is -1.40. The number of hydrazone groups is 1. The van der Waals surface area contributed by atoms with E-state index in [1.165, 1.54) is 0 Å². The van der Waals surface area contributed by atoms with Gasteiger partial charge in [0.2, 0.25) is 0 Å². The number of ether oxygens (including phenoxy) is 1. The Balaban J connectivity index is 2.86. The molecule has 0 saturated heterocycles. The van der Waals surface area contributed by atoms with Crippen molar-refractivity contribution in [3.63, 3.8) is 0 Å². The molecule has 0 aliphatic heterocycles. The SMILES string of the molecule is CCOC(=O)C(O)C/C(=N\NC(=O)O)c1ccccc1. The zero-order valence-electron chi connectivity index (χ0n) is 10.9. The van der Waals surface area contributed by atoms with Crippen LogP contribution in [0.5, 0.6) is 0 Å². The number of nitrogens with zero attached hydrogens (tertiary/aromatic N) is 1. The summed E-state index contributed by atoms with van der Waals surface area (Å²) in [4.78, 5) is 21.9. The second-order valence-electron chi connectivity index (χ2n) is 3.81. The molecule has 0 aromatic heterocycles. The summed E-state index contributed by atoms with van der Waals surface area (Å²) in [7, 11) is 0. The third-order valence-corrected chi connectivity index (χ3v) is 2.34. The predicted octanol–water partition coefficient (Wildman–Crippen LogP) is 0.972. The van der Waals surface area contributed by atoms with Crippen LogP contribution in [0.4, 0.5) is 4.79 Å². The van der Waals surface area contributed by atoms with Gasteiger partial charge in [-0.2, -0.15) is 5.10 Å². The van der Waals surface area contributed by atoms with Crippen LogP contribution >= 0.6 is 0 Å². The number of amides is 1. The van der Waals surface area contributed by atoms with E-state index >= 15 is 0 Å². The molecule has 3 N–H and O–H groups in total. The number of nitrogens with one attached hydrogen (secondary N) is 1. The topological polar surface area (TPSA) is 108 Å². The number of hydrogen-bond donors (Lipinski definition) is 3. The average molecular weight is 280 g/mol. The maximum Gasteiger partial charge on any atom is 0.425 e. The molecule has 20 heavy (non-hydrogen) atoms. The number of rotatable bonds is 6. The van der Waals surface area contributed by atoms with E-state index in [9.17, 15) is 14.7 Å². The van der Waals surface area contributed by atoms with E-state index in [1.807, 2.05) is 5.43 Å². The van der Waals surface area contributed by atoms with Gasteiger partial charge in [0.05, 0.1) is 12.3 Å². The number of aliphatic hydroxyl groups excluding tert-OH is 1. The Morgan fingerprint density at radius 3 is 2.55 bits per heavy atom. The second kappa shape index (κ2) is 7.90. The lowest BCUT2D eigenvalue weighted by Gasteiger charge is -2.11. The molecule has 1 amide bonds. The molecular weight excluding hydrogens is 264 g/mol. The van der Waals surface area contributed by atoms with Gasteiger partial charge < -0.3 is 14.9 Å². The predicted molar refractivity (Wildman–Crippen MR) is 71.4 cm³/mol. The minimum Gasteiger partial charge on any atom is -0.464 e. The Labute approximate surface area is 115 Å². The van der Waals surface area contributed by atoms with Crippen molar-refractivity contribution in [3.05, 3.63) is 35.9 Å². The van der Waals surface area contributed by atoms with Gasteiger partial charge in [0.15, 0.2) is 6.10 Å². The molecule has 1 aromatic rings. The zero-order valence-corrected chi connectivity index (χ0v) is 10.9. The van der Waals surface area contributed by atoms with Crippen LogP contribution in [0.15, 0.2) is 35.4 Å². The molecule has 0 saturated carbocycles. The molecule has 7 heteroatoms. The molecule has 0 aliphatic carbocycles. The Bertz CT molecular complexity index is 487.